The number of ether oxygens (including phenoxy) is 2. The third kappa shape index (κ3) is 5.03. The molecule has 1 unspecified atom stereocenters. The number of hydrogen-bond donors (Lipinski definition) is 3. The van der Waals surface area contributed by atoms with Crippen LogP contribution in [0.5, 0.6) is 11.5 Å². The van der Waals surface area contributed by atoms with E-state index in [1.54, 1.807) is 30.3 Å². The van der Waals surface area contributed by atoms with Crippen LogP contribution >= 0.6 is 0 Å². The predicted octanol–water partition coefficient (Wildman–Crippen LogP) is 2.81. The normalized spacial score (nSPS) is 14.5. The Morgan fingerprint density at radius 1 is 0.943 bits per heavy atom. The van der Waals surface area contributed by atoms with Crippen molar-refractivity contribution in [3.05, 3.63) is 83.9 Å². The number of hydrogen-bond acceptors (Lipinski definition) is 5. The molecule has 35 heavy (non-hydrogen) atoms. The quantitative estimate of drug-likeness (QED) is 0.511. The summed E-state index contributed by atoms with van der Waals surface area (Å²) in [5, 5.41) is 8.48. The zero-order valence-corrected chi connectivity index (χ0v) is 18.8. The monoisotopic (exact) mass is 472 g/mol. The largest absolute Gasteiger partial charge is 0.454 e. The van der Waals surface area contributed by atoms with E-state index in [2.05, 4.69) is 16.0 Å². The zero-order chi connectivity index (χ0) is 24.2. The van der Waals surface area contributed by atoms with Crippen LogP contribution in [0.2, 0.25) is 0 Å². The van der Waals surface area contributed by atoms with Gasteiger partial charge in [0.1, 0.15) is 12.6 Å². The molecule has 178 valence electrons. The van der Waals surface area contributed by atoms with Gasteiger partial charge in [-0.25, -0.2) is 4.79 Å². The molecule has 0 aliphatic carbocycles. The smallest absolute Gasteiger partial charge is 0.323 e. The number of para-hydroxylation sites is 2. The van der Waals surface area contributed by atoms with Crippen LogP contribution < -0.4 is 30.3 Å². The SMILES string of the molecule is O=C1CN(C(=O)NC(Cc2ccccc2)C(=O)NCc2ccc3c(c2)OCO3)c2ccccc2N1. The number of fused-ring (bicyclic) bond motifs is 2. The van der Waals surface area contributed by atoms with Crippen LogP contribution in [0.25, 0.3) is 0 Å². The summed E-state index contributed by atoms with van der Waals surface area (Å²) in [7, 11) is 0. The van der Waals surface area contributed by atoms with E-state index in [4.69, 9.17) is 9.47 Å². The predicted molar refractivity (Wildman–Crippen MR) is 129 cm³/mol. The number of amides is 4. The summed E-state index contributed by atoms with van der Waals surface area (Å²) in [4.78, 5) is 39.9. The Morgan fingerprint density at radius 3 is 2.57 bits per heavy atom. The van der Waals surface area contributed by atoms with E-state index in [9.17, 15) is 14.4 Å². The Labute approximate surface area is 202 Å². The van der Waals surface area contributed by atoms with Gasteiger partial charge in [0.15, 0.2) is 11.5 Å². The lowest BCUT2D eigenvalue weighted by Crippen LogP contribution is -2.54. The van der Waals surface area contributed by atoms with Crippen molar-refractivity contribution >= 4 is 29.2 Å². The van der Waals surface area contributed by atoms with Crippen molar-refractivity contribution < 1.29 is 23.9 Å². The highest BCUT2D eigenvalue weighted by Crippen LogP contribution is 2.32. The van der Waals surface area contributed by atoms with Gasteiger partial charge in [0.05, 0.1) is 11.4 Å². The Morgan fingerprint density at radius 2 is 1.71 bits per heavy atom. The molecule has 3 aromatic rings. The minimum absolute atomic E-state index is 0.139. The van der Waals surface area contributed by atoms with E-state index in [0.29, 0.717) is 29.3 Å². The Bertz CT molecular complexity index is 1260. The molecule has 0 spiro atoms. The van der Waals surface area contributed by atoms with Gasteiger partial charge in [0.25, 0.3) is 0 Å². The fourth-order valence-electron chi connectivity index (χ4n) is 4.06. The van der Waals surface area contributed by atoms with Gasteiger partial charge in [0.2, 0.25) is 18.6 Å². The molecule has 2 heterocycles. The molecule has 0 saturated heterocycles. The number of rotatable bonds is 6. The molecule has 3 aromatic carbocycles. The Kier molecular flexibility index (Phi) is 6.21. The van der Waals surface area contributed by atoms with E-state index < -0.39 is 12.1 Å². The second-order valence-corrected chi connectivity index (χ2v) is 8.25. The Hall–Kier alpha value is -4.53. The second kappa shape index (κ2) is 9.76. The van der Waals surface area contributed by atoms with Crippen molar-refractivity contribution in [1.29, 1.82) is 0 Å². The van der Waals surface area contributed by atoms with Gasteiger partial charge in [0, 0.05) is 13.0 Å². The number of urea groups is 1. The summed E-state index contributed by atoms with van der Waals surface area (Å²) in [6, 6.07) is 20.6. The van der Waals surface area contributed by atoms with E-state index in [1.165, 1.54) is 4.90 Å². The molecule has 4 amide bonds. The molecule has 2 aliphatic rings. The first kappa shape index (κ1) is 22.3. The van der Waals surface area contributed by atoms with Crippen molar-refractivity contribution in [3.63, 3.8) is 0 Å². The van der Waals surface area contributed by atoms with E-state index in [0.717, 1.165) is 11.1 Å². The topological polar surface area (TPSA) is 109 Å². The van der Waals surface area contributed by atoms with Crippen LogP contribution in [-0.4, -0.2) is 37.2 Å². The minimum Gasteiger partial charge on any atom is -0.454 e. The van der Waals surface area contributed by atoms with Gasteiger partial charge in [-0.1, -0.05) is 48.5 Å². The van der Waals surface area contributed by atoms with Crippen molar-refractivity contribution in [2.24, 2.45) is 0 Å². The summed E-state index contributed by atoms with van der Waals surface area (Å²) in [5.41, 5.74) is 2.86. The van der Waals surface area contributed by atoms with Crippen molar-refractivity contribution in [1.82, 2.24) is 10.6 Å². The molecule has 5 rings (SSSR count). The first-order valence-electron chi connectivity index (χ1n) is 11.2. The summed E-state index contributed by atoms with van der Waals surface area (Å²) >= 11 is 0. The van der Waals surface area contributed by atoms with Crippen LogP contribution in [0.3, 0.4) is 0 Å². The maximum absolute atomic E-state index is 13.2. The first-order chi connectivity index (χ1) is 17.1. The van der Waals surface area contributed by atoms with Gasteiger partial charge in [-0.3, -0.25) is 14.5 Å². The number of anilines is 2. The molecule has 0 bridgehead atoms. The fourth-order valence-corrected chi connectivity index (χ4v) is 4.06. The highest BCUT2D eigenvalue weighted by molar-refractivity contribution is 6.10. The molecule has 9 nitrogen and oxygen atoms in total. The molecule has 0 radical (unpaired) electrons. The summed E-state index contributed by atoms with van der Waals surface area (Å²) in [6.07, 6.45) is 0.293. The zero-order valence-electron chi connectivity index (χ0n) is 18.8. The standard InChI is InChI=1S/C26H24N4O5/c31-24-15-30(21-9-5-4-8-19(21)28-24)26(33)29-20(12-17-6-2-1-3-7-17)25(32)27-14-18-10-11-22-23(13-18)35-16-34-22/h1-11,13,20H,12,14-16H2,(H,27,32)(H,28,31)(H,29,33). The van der Waals surface area contributed by atoms with Gasteiger partial charge >= 0.3 is 6.03 Å². The summed E-state index contributed by atoms with van der Waals surface area (Å²) in [6.45, 7) is 0.291. The molecule has 3 N–H and O–H groups in total. The molecule has 2 aliphatic heterocycles. The molecule has 0 fully saturated rings. The van der Waals surface area contributed by atoms with Crippen LogP contribution in [0, 0.1) is 0 Å². The average Bonchev–Trinajstić information content (AvgIpc) is 3.35. The van der Waals surface area contributed by atoms with Crippen molar-refractivity contribution in [3.8, 4) is 11.5 Å². The molecule has 0 saturated carbocycles. The molecule has 1 atom stereocenters. The first-order valence-corrected chi connectivity index (χ1v) is 11.2. The van der Waals surface area contributed by atoms with Crippen LogP contribution in [0.4, 0.5) is 16.2 Å². The number of carbonyl (C=O) groups is 3. The molecular weight excluding hydrogens is 448 g/mol. The highest BCUT2D eigenvalue weighted by atomic mass is 16.7. The number of benzene rings is 3. The third-order valence-corrected chi connectivity index (χ3v) is 5.82. The summed E-state index contributed by atoms with van der Waals surface area (Å²) < 4.78 is 10.7. The molecular formula is C26H24N4O5. The maximum Gasteiger partial charge on any atom is 0.323 e. The third-order valence-electron chi connectivity index (χ3n) is 5.82. The maximum atomic E-state index is 13.2. The highest BCUT2D eigenvalue weighted by Gasteiger charge is 2.30. The number of nitrogens with one attached hydrogen (secondary N) is 3. The fraction of sp³-hybridized carbons (Fsp3) is 0.192. The van der Waals surface area contributed by atoms with Gasteiger partial charge < -0.3 is 25.4 Å². The van der Waals surface area contributed by atoms with E-state index >= 15 is 0 Å². The van der Waals surface area contributed by atoms with Gasteiger partial charge in [-0.05, 0) is 35.4 Å². The lowest BCUT2D eigenvalue weighted by Gasteiger charge is -2.30. The van der Waals surface area contributed by atoms with Gasteiger partial charge in [-0.15, -0.1) is 0 Å². The summed E-state index contributed by atoms with van der Waals surface area (Å²) in [5.74, 6) is 0.661. The van der Waals surface area contributed by atoms with Crippen molar-refractivity contribution in [2.45, 2.75) is 19.0 Å². The van der Waals surface area contributed by atoms with E-state index in [1.807, 2.05) is 42.5 Å². The number of carbonyl (C=O) groups excluding carboxylic acids is 3. The van der Waals surface area contributed by atoms with Crippen LogP contribution in [0.1, 0.15) is 11.1 Å². The van der Waals surface area contributed by atoms with Crippen molar-refractivity contribution in [2.75, 3.05) is 23.6 Å². The van der Waals surface area contributed by atoms with Crippen LogP contribution in [-0.2, 0) is 22.6 Å². The van der Waals surface area contributed by atoms with Gasteiger partial charge in [-0.2, -0.15) is 0 Å². The van der Waals surface area contributed by atoms with Crippen LogP contribution in [0.15, 0.2) is 72.8 Å². The Balaban J connectivity index is 1.32. The molecule has 0 aromatic heterocycles. The minimum atomic E-state index is -0.851. The number of nitrogens with zero attached hydrogens (tertiary/aromatic N) is 1. The lowest BCUT2D eigenvalue weighted by atomic mass is 10.0. The second-order valence-electron chi connectivity index (χ2n) is 8.25. The molecule has 9 heteroatoms. The van der Waals surface area contributed by atoms with E-state index in [-0.39, 0.29) is 31.7 Å². The lowest BCUT2D eigenvalue weighted by molar-refractivity contribution is -0.123. The average molecular weight is 473 g/mol.